The number of rotatable bonds is 9. The Morgan fingerprint density at radius 3 is 2.17 bits per heavy atom. The van der Waals surface area contributed by atoms with Crippen molar-refractivity contribution in [1.82, 2.24) is 5.32 Å². The molecule has 8 nitrogen and oxygen atoms in total. The Morgan fingerprint density at radius 2 is 1.57 bits per heavy atom. The molecule has 0 radical (unpaired) electrons. The summed E-state index contributed by atoms with van der Waals surface area (Å²) in [6.45, 7) is -2.15. The van der Waals surface area contributed by atoms with Gasteiger partial charge in [0.1, 0.15) is 22.1 Å². The van der Waals surface area contributed by atoms with Crippen LogP contribution in [0, 0.1) is 0 Å². The van der Waals surface area contributed by atoms with Gasteiger partial charge in [-0.05, 0) is 37.3 Å². The van der Waals surface area contributed by atoms with Gasteiger partial charge in [-0.1, -0.05) is 29.8 Å². The first-order chi connectivity index (χ1) is 19.5. The first-order valence-corrected chi connectivity index (χ1v) is 13.7. The van der Waals surface area contributed by atoms with Crippen molar-refractivity contribution in [1.29, 1.82) is 0 Å². The molecule has 0 aliphatic carbocycles. The van der Waals surface area contributed by atoms with Gasteiger partial charge in [0.25, 0.3) is 15.9 Å². The third-order valence-corrected chi connectivity index (χ3v) is 7.59. The van der Waals surface area contributed by atoms with Gasteiger partial charge in [0.15, 0.2) is 19.0 Å². The van der Waals surface area contributed by atoms with Gasteiger partial charge in [0.2, 0.25) is 0 Å². The molecular formula is C26H21ClF6N2O6S. The van der Waals surface area contributed by atoms with Crippen LogP contribution in [-0.2, 0) is 10.0 Å². The standard InChI is InChI=1S/C26H21ClF6N2O6S/c1-13(34-24(36)18-10-14(27)6-8-19(18)39-2)15-4-3-5-16(22(15)40-11-25(28,29)30)17-7-9-20-21(35-42(20,37)38)23(17)41-12-26(31,32)33/h3-10,13,35H,11-12H2,1-2H3,(H,34,36). The molecule has 1 heterocycles. The minimum Gasteiger partial charge on any atom is -0.496 e. The number of ether oxygens (including phenoxy) is 3. The molecule has 4 rings (SSSR count). The fraction of sp³-hybridized carbons (Fsp3) is 0.269. The van der Waals surface area contributed by atoms with Crippen LogP contribution in [0.4, 0.5) is 32.0 Å². The van der Waals surface area contributed by atoms with E-state index in [0.717, 1.165) is 12.1 Å². The Labute approximate surface area is 240 Å². The van der Waals surface area contributed by atoms with Gasteiger partial charge in [-0.2, -0.15) is 26.3 Å². The predicted octanol–water partition coefficient (Wildman–Crippen LogP) is 6.50. The lowest BCUT2D eigenvalue weighted by Crippen LogP contribution is -2.28. The number of amides is 1. The molecule has 3 aromatic rings. The number of benzene rings is 3. The number of carbonyl (C=O) groups excluding carboxylic acids is 1. The molecule has 16 heteroatoms. The monoisotopic (exact) mass is 638 g/mol. The summed E-state index contributed by atoms with van der Waals surface area (Å²) in [5, 5.41) is 2.84. The molecule has 1 aliphatic heterocycles. The molecule has 1 aliphatic rings. The highest BCUT2D eigenvalue weighted by Gasteiger charge is 2.38. The van der Waals surface area contributed by atoms with Crippen LogP contribution < -0.4 is 24.2 Å². The number of para-hydroxylation sites is 1. The first-order valence-electron chi connectivity index (χ1n) is 11.9. The lowest BCUT2D eigenvalue weighted by molar-refractivity contribution is -0.154. The molecule has 1 atom stereocenters. The third-order valence-electron chi connectivity index (χ3n) is 5.96. The van der Waals surface area contributed by atoms with Gasteiger partial charge in [0, 0.05) is 21.7 Å². The highest BCUT2D eigenvalue weighted by Crippen LogP contribution is 2.50. The Morgan fingerprint density at radius 1 is 0.952 bits per heavy atom. The molecule has 0 bridgehead atoms. The van der Waals surface area contributed by atoms with Crippen molar-refractivity contribution in [2.75, 3.05) is 25.0 Å². The number of hydrogen-bond acceptors (Lipinski definition) is 6. The quantitative estimate of drug-likeness (QED) is 0.259. The number of methoxy groups -OCH3 is 1. The van der Waals surface area contributed by atoms with Crippen molar-refractivity contribution in [2.24, 2.45) is 0 Å². The average molecular weight is 639 g/mol. The molecule has 1 unspecified atom stereocenters. The Kier molecular flexibility index (Phi) is 8.47. The van der Waals surface area contributed by atoms with E-state index in [9.17, 15) is 39.6 Å². The van der Waals surface area contributed by atoms with Crippen molar-refractivity contribution in [3.8, 4) is 28.4 Å². The minimum atomic E-state index is -4.82. The number of nitrogens with one attached hydrogen (secondary N) is 2. The molecule has 226 valence electrons. The van der Waals surface area contributed by atoms with Crippen LogP contribution in [0.5, 0.6) is 17.2 Å². The number of anilines is 1. The normalized spacial score (nSPS) is 14.6. The first kappa shape index (κ1) is 31.1. The zero-order chi connectivity index (χ0) is 31.0. The van der Waals surface area contributed by atoms with E-state index in [1.165, 1.54) is 50.4 Å². The van der Waals surface area contributed by atoms with E-state index in [1.54, 1.807) is 0 Å². The van der Waals surface area contributed by atoms with Crippen LogP contribution in [-0.4, -0.2) is 47.0 Å². The number of sulfonamides is 1. The maximum absolute atomic E-state index is 13.3. The largest absolute Gasteiger partial charge is 0.496 e. The van der Waals surface area contributed by atoms with Crippen molar-refractivity contribution in [2.45, 2.75) is 30.2 Å². The Hall–Kier alpha value is -3.85. The fourth-order valence-electron chi connectivity index (χ4n) is 4.18. The molecule has 42 heavy (non-hydrogen) atoms. The predicted molar refractivity (Wildman–Crippen MR) is 140 cm³/mol. The molecular weight excluding hydrogens is 618 g/mol. The smallest absolute Gasteiger partial charge is 0.422 e. The Bertz CT molecular complexity index is 1630. The topological polar surface area (TPSA) is 103 Å². The number of fused-ring (bicyclic) bond motifs is 1. The lowest BCUT2D eigenvalue weighted by atomic mass is 9.96. The van der Waals surface area contributed by atoms with Gasteiger partial charge >= 0.3 is 12.4 Å². The highest BCUT2D eigenvalue weighted by molar-refractivity contribution is 7.94. The second-order valence-corrected chi connectivity index (χ2v) is 11.1. The van der Waals surface area contributed by atoms with E-state index < -0.39 is 59.0 Å². The average Bonchev–Trinajstić information content (AvgIpc) is 2.89. The molecule has 3 aromatic carbocycles. The molecule has 0 spiro atoms. The summed E-state index contributed by atoms with van der Waals surface area (Å²) >= 11 is 6.00. The summed E-state index contributed by atoms with van der Waals surface area (Å²) in [6, 6.07) is 9.42. The minimum absolute atomic E-state index is 0.0242. The number of alkyl halides is 6. The van der Waals surface area contributed by atoms with E-state index >= 15 is 0 Å². The summed E-state index contributed by atoms with van der Waals surface area (Å²) in [7, 11) is -2.66. The van der Waals surface area contributed by atoms with Crippen molar-refractivity contribution in [3.05, 3.63) is 64.7 Å². The van der Waals surface area contributed by atoms with Gasteiger partial charge < -0.3 is 19.5 Å². The second-order valence-electron chi connectivity index (χ2n) is 8.99. The third kappa shape index (κ3) is 6.78. The highest BCUT2D eigenvalue weighted by atomic mass is 35.5. The number of hydrogen-bond donors (Lipinski definition) is 2. The zero-order valence-electron chi connectivity index (χ0n) is 21.6. The molecule has 0 fully saturated rings. The van der Waals surface area contributed by atoms with Crippen LogP contribution in [0.15, 0.2) is 53.4 Å². The van der Waals surface area contributed by atoms with Crippen molar-refractivity contribution >= 4 is 33.2 Å². The molecule has 2 N–H and O–H groups in total. The van der Waals surface area contributed by atoms with Crippen molar-refractivity contribution < 1.29 is 53.8 Å². The van der Waals surface area contributed by atoms with E-state index in [1.807, 2.05) is 4.72 Å². The number of carbonyl (C=O) groups is 1. The van der Waals surface area contributed by atoms with E-state index in [-0.39, 0.29) is 43.6 Å². The summed E-state index contributed by atoms with van der Waals surface area (Å²) in [5.74, 6) is -1.52. The summed E-state index contributed by atoms with van der Waals surface area (Å²) < 4.78 is 120. The zero-order valence-corrected chi connectivity index (χ0v) is 23.2. The second kappa shape index (κ2) is 11.4. The Balaban J connectivity index is 1.81. The van der Waals surface area contributed by atoms with Gasteiger partial charge in [-0.25, -0.2) is 8.42 Å². The van der Waals surface area contributed by atoms with Crippen LogP contribution in [0.2, 0.25) is 5.02 Å². The van der Waals surface area contributed by atoms with E-state index in [4.69, 9.17) is 25.8 Å². The van der Waals surface area contributed by atoms with Crippen molar-refractivity contribution in [3.63, 3.8) is 0 Å². The number of halogens is 7. The van der Waals surface area contributed by atoms with Gasteiger partial charge in [0.05, 0.1) is 18.7 Å². The van der Waals surface area contributed by atoms with Crippen LogP contribution in [0.1, 0.15) is 28.9 Å². The van der Waals surface area contributed by atoms with Crippen LogP contribution >= 0.6 is 11.6 Å². The molecule has 0 saturated heterocycles. The van der Waals surface area contributed by atoms with E-state index in [0.29, 0.717) is 0 Å². The fourth-order valence-corrected chi connectivity index (χ4v) is 5.44. The molecule has 0 saturated carbocycles. The molecule has 1 amide bonds. The lowest BCUT2D eigenvalue weighted by Gasteiger charge is -2.28. The SMILES string of the molecule is COc1ccc(Cl)cc1C(=O)NC(C)c1cccc(-c2ccc3c(c2OCC(F)(F)F)NS3(=O)=O)c1OCC(F)(F)F. The van der Waals surface area contributed by atoms with E-state index in [2.05, 4.69) is 5.32 Å². The maximum Gasteiger partial charge on any atom is 0.422 e. The summed E-state index contributed by atoms with van der Waals surface area (Å²) in [5.41, 5.74) is -0.573. The summed E-state index contributed by atoms with van der Waals surface area (Å²) in [4.78, 5) is 12.7. The molecule has 0 aromatic heterocycles. The van der Waals surface area contributed by atoms with Crippen LogP contribution in [0.25, 0.3) is 11.1 Å². The van der Waals surface area contributed by atoms with Gasteiger partial charge in [-0.3, -0.25) is 9.52 Å². The summed E-state index contributed by atoms with van der Waals surface area (Å²) in [6.07, 6.45) is -9.63. The van der Waals surface area contributed by atoms with Gasteiger partial charge in [-0.15, -0.1) is 0 Å². The maximum atomic E-state index is 13.3. The van der Waals surface area contributed by atoms with Crippen LogP contribution in [0.3, 0.4) is 0 Å².